The van der Waals surface area contributed by atoms with E-state index in [4.69, 9.17) is 21.1 Å². The Bertz CT molecular complexity index is 1200. The Labute approximate surface area is 209 Å². The summed E-state index contributed by atoms with van der Waals surface area (Å²) < 4.78 is 13.4. The lowest BCUT2D eigenvalue weighted by Gasteiger charge is -2.41. The molecule has 0 radical (unpaired) electrons. The van der Waals surface area contributed by atoms with Crippen molar-refractivity contribution in [1.29, 1.82) is 0 Å². The van der Waals surface area contributed by atoms with Crippen LogP contribution in [0.5, 0.6) is 5.75 Å². The number of likely N-dealkylation sites (tertiary alicyclic amines) is 1. The Kier molecular flexibility index (Phi) is 6.29. The van der Waals surface area contributed by atoms with Gasteiger partial charge < -0.3 is 19.3 Å². The Morgan fingerprint density at radius 1 is 1.26 bits per heavy atom. The largest absolute Gasteiger partial charge is 0.490 e. The third-order valence-corrected chi connectivity index (χ3v) is 7.17. The second kappa shape index (κ2) is 9.13. The molecule has 10 nitrogen and oxygen atoms in total. The van der Waals surface area contributed by atoms with Crippen LogP contribution in [0, 0.1) is 0 Å². The third kappa shape index (κ3) is 4.65. The lowest BCUT2D eigenvalue weighted by Crippen LogP contribution is -2.57. The van der Waals surface area contributed by atoms with Gasteiger partial charge in [-0.25, -0.2) is 14.6 Å². The van der Waals surface area contributed by atoms with Crippen LogP contribution < -0.4 is 15.3 Å². The van der Waals surface area contributed by atoms with E-state index in [0.29, 0.717) is 55.4 Å². The molecule has 3 aliphatic rings. The van der Waals surface area contributed by atoms with Gasteiger partial charge >= 0.3 is 11.8 Å². The summed E-state index contributed by atoms with van der Waals surface area (Å²) >= 11 is 6.39. The number of piperazine rings is 1. The molecule has 2 aromatic rings. The van der Waals surface area contributed by atoms with Crippen LogP contribution in [-0.4, -0.2) is 87.4 Å². The first-order valence-corrected chi connectivity index (χ1v) is 12.7. The number of anilines is 1. The quantitative estimate of drug-likeness (QED) is 0.589. The zero-order valence-corrected chi connectivity index (χ0v) is 21.5. The highest BCUT2D eigenvalue weighted by Crippen LogP contribution is 2.37. The van der Waals surface area contributed by atoms with Crippen LogP contribution in [0.3, 0.4) is 0 Å². The first-order chi connectivity index (χ1) is 16.6. The van der Waals surface area contributed by atoms with Crippen LogP contribution in [-0.2, 0) is 11.3 Å². The number of fused-ring (bicyclic) bond motifs is 2. The van der Waals surface area contributed by atoms with Crippen molar-refractivity contribution in [2.75, 3.05) is 44.2 Å². The van der Waals surface area contributed by atoms with Crippen molar-refractivity contribution in [2.24, 2.45) is 0 Å². The first kappa shape index (κ1) is 24.1. The lowest BCUT2D eigenvalue weighted by atomic mass is 10.1. The van der Waals surface area contributed by atoms with Crippen molar-refractivity contribution in [3.05, 3.63) is 21.7 Å². The molecule has 5 rings (SSSR count). The van der Waals surface area contributed by atoms with Crippen molar-refractivity contribution in [2.45, 2.75) is 64.8 Å². The summed E-state index contributed by atoms with van der Waals surface area (Å²) in [7, 11) is 0. The van der Waals surface area contributed by atoms with Gasteiger partial charge in [0.2, 0.25) is 0 Å². The number of amides is 1. The fraction of sp³-hybridized carbons (Fsp3) is 0.667. The molecule has 2 fully saturated rings. The van der Waals surface area contributed by atoms with E-state index < -0.39 is 5.60 Å². The van der Waals surface area contributed by atoms with E-state index in [1.165, 1.54) is 0 Å². The van der Waals surface area contributed by atoms with Crippen LogP contribution in [0.4, 0.5) is 10.6 Å². The number of hydrogen-bond acceptors (Lipinski definition) is 8. The average molecular weight is 505 g/mol. The third-order valence-electron chi connectivity index (χ3n) is 6.98. The van der Waals surface area contributed by atoms with Gasteiger partial charge in [0.05, 0.1) is 6.04 Å². The van der Waals surface area contributed by atoms with Crippen molar-refractivity contribution in [3.8, 4) is 5.75 Å². The van der Waals surface area contributed by atoms with Gasteiger partial charge in [-0.1, -0.05) is 18.5 Å². The maximum atomic E-state index is 13.4. The molecule has 11 heteroatoms. The van der Waals surface area contributed by atoms with Crippen molar-refractivity contribution >= 4 is 34.5 Å². The second-order valence-electron chi connectivity index (χ2n) is 10.5. The number of carbonyl (C=O) groups excluding carboxylic acids is 1. The van der Waals surface area contributed by atoms with E-state index in [9.17, 15) is 9.59 Å². The van der Waals surface area contributed by atoms with E-state index in [0.717, 1.165) is 25.9 Å². The minimum atomic E-state index is -0.572. The number of aromatic nitrogens is 3. The number of hydrogen-bond donors (Lipinski definition) is 0. The van der Waals surface area contributed by atoms with E-state index in [1.54, 1.807) is 15.5 Å². The fourth-order valence-electron chi connectivity index (χ4n) is 5.35. The summed E-state index contributed by atoms with van der Waals surface area (Å²) in [6, 6.07) is 1.76. The van der Waals surface area contributed by atoms with Crippen LogP contribution in [0.1, 0.15) is 40.5 Å². The molecule has 35 heavy (non-hydrogen) atoms. The highest BCUT2D eigenvalue weighted by molar-refractivity contribution is 6.30. The van der Waals surface area contributed by atoms with Gasteiger partial charge in [-0.05, 0) is 46.7 Å². The maximum absolute atomic E-state index is 13.4. The molecule has 5 heterocycles. The molecule has 0 aromatic carbocycles. The fourth-order valence-corrected chi connectivity index (χ4v) is 5.53. The lowest BCUT2D eigenvalue weighted by molar-refractivity contribution is 0.0202. The number of rotatable bonds is 3. The molecule has 0 N–H and O–H groups in total. The average Bonchev–Trinajstić information content (AvgIpc) is 3.18. The second-order valence-corrected chi connectivity index (χ2v) is 10.9. The van der Waals surface area contributed by atoms with Gasteiger partial charge in [0.25, 0.3) is 0 Å². The van der Waals surface area contributed by atoms with E-state index in [1.807, 2.05) is 20.8 Å². The molecule has 2 saturated heterocycles. The topological polar surface area (TPSA) is 93.0 Å². The zero-order chi connectivity index (χ0) is 24.9. The van der Waals surface area contributed by atoms with Crippen LogP contribution in [0.15, 0.2) is 10.9 Å². The number of pyridine rings is 1. The van der Waals surface area contributed by atoms with Gasteiger partial charge in [0.1, 0.15) is 34.3 Å². The van der Waals surface area contributed by atoms with Gasteiger partial charge in [0, 0.05) is 38.3 Å². The van der Waals surface area contributed by atoms with Gasteiger partial charge in [-0.15, -0.1) is 0 Å². The number of carbonyl (C=O) groups is 1. The summed E-state index contributed by atoms with van der Waals surface area (Å²) in [6.07, 6.45) is 1.79. The Morgan fingerprint density at radius 3 is 2.80 bits per heavy atom. The summed E-state index contributed by atoms with van der Waals surface area (Å²) in [5.41, 5.74) is -0.412. The molecule has 190 valence electrons. The minimum Gasteiger partial charge on any atom is -0.490 e. The molecule has 0 unspecified atom stereocenters. The normalized spacial score (nSPS) is 22.7. The zero-order valence-electron chi connectivity index (χ0n) is 20.8. The summed E-state index contributed by atoms with van der Waals surface area (Å²) in [5.74, 6) is 1.11. The molecule has 0 saturated carbocycles. The highest BCUT2D eigenvalue weighted by Gasteiger charge is 2.37. The van der Waals surface area contributed by atoms with E-state index in [2.05, 4.69) is 26.7 Å². The monoisotopic (exact) mass is 504 g/mol. The SMILES string of the molecule is CCN1CCC[C@H]1Cn1c(=O)nc2c3c(cc(Cl)nc31)OC[C@H]1CN(C(=O)OC(C)(C)C)CCN21. The van der Waals surface area contributed by atoms with Gasteiger partial charge in [-0.3, -0.25) is 9.47 Å². The molecule has 0 spiro atoms. The predicted octanol–water partition coefficient (Wildman–Crippen LogP) is 2.75. The molecule has 0 bridgehead atoms. The van der Waals surface area contributed by atoms with Crippen LogP contribution >= 0.6 is 11.6 Å². The number of likely N-dealkylation sites (N-methyl/N-ethyl adjacent to an activating group) is 1. The molecule has 2 aromatic heterocycles. The molecule has 3 aliphatic heterocycles. The predicted molar refractivity (Wildman–Crippen MR) is 134 cm³/mol. The Hall–Kier alpha value is -2.59. The van der Waals surface area contributed by atoms with Crippen LogP contribution in [0.2, 0.25) is 5.15 Å². The minimum absolute atomic E-state index is 0.182. The molecule has 0 aliphatic carbocycles. The molecule has 1 amide bonds. The standard InChI is InChI=1S/C24H33ClN6O4/c1-5-28-8-6-7-15(28)13-31-20-19-17(11-18(25)26-20)34-14-16-12-29(23(33)35-24(2,3)4)9-10-30(16)21(19)27-22(31)32/h11,15-16H,5-10,12-14H2,1-4H3/t15-,16+/m0/s1. The summed E-state index contributed by atoms with van der Waals surface area (Å²) in [5, 5.41) is 0.968. The van der Waals surface area contributed by atoms with E-state index >= 15 is 0 Å². The first-order valence-electron chi connectivity index (χ1n) is 12.4. The van der Waals surface area contributed by atoms with Crippen molar-refractivity contribution in [1.82, 2.24) is 24.3 Å². The highest BCUT2D eigenvalue weighted by atomic mass is 35.5. The van der Waals surface area contributed by atoms with Gasteiger partial charge in [-0.2, -0.15) is 4.98 Å². The van der Waals surface area contributed by atoms with Crippen molar-refractivity contribution < 1.29 is 14.3 Å². The van der Waals surface area contributed by atoms with Gasteiger partial charge in [0.15, 0.2) is 5.65 Å². The van der Waals surface area contributed by atoms with Crippen LogP contribution in [0.25, 0.3) is 11.0 Å². The van der Waals surface area contributed by atoms with Crippen molar-refractivity contribution in [3.63, 3.8) is 0 Å². The summed E-state index contributed by atoms with van der Waals surface area (Å²) in [4.78, 5) is 41.3. The maximum Gasteiger partial charge on any atom is 0.410 e. The molecule has 2 atom stereocenters. The number of ether oxygens (including phenoxy) is 2. The summed E-state index contributed by atoms with van der Waals surface area (Å²) in [6.45, 7) is 11.9. The number of halogens is 1. The Morgan fingerprint density at radius 2 is 2.06 bits per heavy atom. The number of nitrogens with zero attached hydrogens (tertiary/aromatic N) is 6. The smallest absolute Gasteiger partial charge is 0.410 e. The molecular formula is C24H33ClN6O4. The Balaban J connectivity index is 1.51. The van der Waals surface area contributed by atoms with E-state index in [-0.39, 0.29) is 29.0 Å². The molecular weight excluding hydrogens is 472 g/mol.